The number of nitrogens with zero attached hydrogens (tertiary/aromatic N) is 3. The number of benzene rings is 1. The number of para-hydroxylation sites is 1. The van der Waals surface area contributed by atoms with Crippen molar-refractivity contribution in [3.8, 4) is 5.75 Å². The maximum Gasteiger partial charge on any atom is 0.289 e. The van der Waals surface area contributed by atoms with Gasteiger partial charge in [0.2, 0.25) is 0 Å². The van der Waals surface area contributed by atoms with E-state index in [0.717, 1.165) is 37.8 Å². The molecule has 1 saturated heterocycles. The van der Waals surface area contributed by atoms with E-state index in [9.17, 15) is 4.79 Å². The fourth-order valence-corrected chi connectivity index (χ4v) is 3.65. The Labute approximate surface area is 165 Å². The Balaban J connectivity index is 1.34. The molecule has 7 heteroatoms. The zero-order chi connectivity index (χ0) is 19.3. The molecule has 0 aliphatic carbocycles. The lowest BCUT2D eigenvalue weighted by Gasteiger charge is -2.36. The van der Waals surface area contributed by atoms with Crippen LogP contribution in [-0.4, -0.2) is 67.0 Å². The molecule has 1 unspecified atom stereocenters. The van der Waals surface area contributed by atoms with Gasteiger partial charge in [0.05, 0.1) is 12.8 Å². The molecule has 2 aliphatic heterocycles. The molecule has 1 aromatic carbocycles. The number of carbonyl (C=O) groups is 1. The molecule has 0 saturated carbocycles. The molecule has 7 nitrogen and oxygen atoms in total. The lowest BCUT2D eigenvalue weighted by Crippen LogP contribution is -2.54. The van der Waals surface area contributed by atoms with Gasteiger partial charge >= 0.3 is 0 Å². The molecule has 4 rings (SSSR count). The van der Waals surface area contributed by atoms with Crippen LogP contribution in [0, 0.1) is 0 Å². The Morgan fingerprint density at radius 2 is 1.93 bits per heavy atom. The lowest BCUT2D eigenvalue weighted by molar-refractivity contribution is 0.0657. The number of aliphatic imine (C=N–C) groups is 1. The summed E-state index contributed by atoms with van der Waals surface area (Å²) in [6.45, 7) is 6.26. The molecule has 148 valence electrons. The quantitative estimate of drug-likeness (QED) is 0.647. The normalized spacial score (nSPS) is 19.3. The zero-order valence-corrected chi connectivity index (χ0v) is 16.1. The van der Waals surface area contributed by atoms with E-state index in [1.807, 2.05) is 23.1 Å². The number of fused-ring (bicyclic) bond motifs is 1. The van der Waals surface area contributed by atoms with Gasteiger partial charge in [0, 0.05) is 39.1 Å². The van der Waals surface area contributed by atoms with Gasteiger partial charge in [-0.05, 0) is 30.7 Å². The van der Waals surface area contributed by atoms with Crippen molar-refractivity contribution in [2.75, 3.05) is 39.3 Å². The standard InChI is InChI=1S/C21H26N4O3/c1-2-22-21(23-15-17-14-16-6-3-4-7-18(16)28-17)25-11-9-24(10-12-25)20(26)19-8-5-13-27-19/h3-8,13,17H,2,9-12,14-15H2,1H3,(H,22,23). The molecular weight excluding hydrogens is 356 g/mol. The Bertz CT molecular complexity index is 801. The van der Waals surface area contributed by atoms with E-state index in [1.54, 1.807) is 12.1 Å². The van der Waals surface area contributed by atoms with E-state index in [1.165, 1.54) is 11.8 Å². The van der Waals surface area contributed by atoms with Gasteiger partial charge in [-0.15, -0.1) is 0 Å². The second-order valence-electron chi connectivity index (χ2n) is 7.00. The van der Waals surface area contributed by atoms with Gasteiger partial charge in [-0.2, -0.15) is 0 Å². The third-order valence-corrected chi connectivity index (χ3v) is 5.09. The Morgan fingerprint density at radius 1 is 1.14 bits per heavy atom. The minimum atomic E-state index is -0.0521. The van der Waals surface area contributed by atoms with Crippen LogP contribution in [0.15, 0.2) is 52.1 Å². The van der Waals surface area contributed by atoms with Crippen molar-refractivity contribution in [2.45, 2.75) is 19.4 Å². The SMILES string of the molecule is CCNC(=NCC1Cc2ccccc2O1)N1CCN(C(=O)c2ccco2)CC1. The number of piperazine rings is 1. The van der Waals surface area contributed by atoms with Crippen LogP contribution < -0.4 is 10.1 Å². The number of nitrogens with one attached hydrogen (secondary N) is 1. The van der Waals surface area contributed by atoms with Crippen molar-refractivity contribution >= 4 is 11.9 Å². The predicted octanol–water partition coefficient (Wildman–Crippen LogP) is 2.01. The summed E-state index contributed by atoms with van der Waals surface area (Å²) < 4.78 is 11.2. The van der Waals surface area contributed by atoms with Crippen LogP contribution >= 0.6 is 0 Å². The second kappa shape index (κ2) is 8.37. The Hall–Kier alpha value is -2.96. The minimum Gasteiger partial charge on any atom is -0.488 e. The maximum absolute atomic E-state index is 12.4. The van der Waals surface area contributed by atoms with Gasteiger partial charge in [0.25, 0.3) is 5.91 Å². The van der Waals surface area contributed by atoms with Crippen molar-refractivity contribution in [1.82, 2.24) is 15.1 Å². The highest BCUT2D eigenvalue weighted by molar-refractivity contribution is 5.91. The van der Waals surface area contributed by atoms with E-state index in [-0.39, 0.29) is 12.0 Å². The van der Waals surface area contributed by atoms with Crippen LogP contribution in [0.25, 0.3) is 0 Å². The van der Waals surface area contributed by atoms with Crippen molar-refractivity contribution in [3.05, 3.63) is 54.0 Å². The van der Waals surface area contributed by atoms with E-state index in [2.05, 4.69) is 23.2 Å². The molecule has 3 heterocycles. The number of rotatable bonds is 4. The van der Waals surface area contributed by atoms with E-state index in [4.69, 9.17) is 14.1 Å². The number of hydrogen-bond acceptors (Lipinski definition) is 4. The molecular formula is C21H26N4O3. The molecule has 1 aromatic heterocycles. The second-order valence-corrected chi connectivity index (χ2v) is 7.00. The number of amides is 1. The number of carbonyl (C=O) groups excluding carboxylic acids is 1. The lowest BCUT2D eigenvalue weighted by atomic mass is 10.1. The molecule has 1 fully saturated rings. The molecule has 28 heavy (non-hydrogen) atoms. The summed E-state index contributed by atoms with van der Waals surface area (Å²) in [6.07, 6.45) is 2.50. The number of hydrogen-bond donors (Lipinski definition) is 1. The smallest absolute Gasteiger partial charge is 0.289 e. The van der Waals surface area contributed by atoms with Crippen molar-refractivity contribution < 1.29 is 13.9 Å². The van der Waals surface area contributed by atoms with Crippen LogP contribution in [0.3, 0.4) is 0 Å². The average molecular weight is 382 g/mol. The van der Waals surface area contributed by atoms with Crippen molar-refractivity contribution in [2.24, 2.45) is 4.99 Å². The van der Waals surface area contributed by atoms with Gasteiger partial charge < -0.3 is 24.3 Å². The van der Waals surface area contributed by atoms with Crippen LogP contribution in [0.2, 0.25) is 0 Å². The third-order valence-electron chi connectivity index (χ3n) is 5.09. The van der Waals surface area contributed by atoms with Crippen molar-refractivity contribution in [1.29, 1.82) is 0 Å². The number of furan rings is 1. The molecule has 1 N–H and O–H groups in total. The summed E-state index contributed by atoms with van der Waals surface area (Å²) in [5.41, 5.74) is 1.25. The number of ether oxygens (including phenoxy) is 1. The summed E-state index contributed by atoms with van der Waals surface area (Å²) >= 11 is 0. The highest BCUT2D eigenvalue weighted by Crippen LogP contribution is 2.28. The molecule has 0 spiro atoms. The first-order valence-corrected chi connectivity index (χ1v) is 9.85. The van der Waals surface area contributed by atoms with Crippen LogP contribution in [0.5, 0.6) is 5.75 Å². The van der Waals surface area contributed by atoms with E-state index < -0.39 is 0 Å². The Kier molecular flexibility index (Phi) is 5.50. The first kappa shape index (κ1) is 18.4. The van der Waals surface area contributed by atoms with Crippen molar-refractivity contribution in [3.63, 3.8) is 0 Å². The summed E-state index contributed by atoms with van der Waals surface area (Å²) in [5.74, 6) is 2.19. The highest BCUT2D eigenvalue weighted by Gasteiger charge is 2.26. The molecule has 0 radical (unpaired) electrons. The van der Waals surface area contributed by atoms with Gasteiger partial charge in [-0.1, -0.05) is 18.2 Å². The Morgan fingerprint density at radius 3 is 2.64 bits per heavy atom. The van der Waals surface area contributed by atoms with E-state index in [0.29, 0.717) is 25.4 Å². The largest absolute Gasteiger partial charge is 0.488 e. The van der Waals surface area contributed by atoms with Gasteiger partial charge in [-0.3, -0.25) is 4.79 Å². The van der Waals surface area contributed by atoms with Gasteiger partial charge in [-0.25, -0.2) is 4.99 Å². The molecule has 1 amide bonds. The monoisotopic (exact) mass is 382 g/mol. The van der Waals surface area contributed by atoms with Gasteiger partial charge in [0.15, 0.2) is 11.7 Å². The average Bonchev–Trinajstić information content (AvgIpc) is 3.40. The zero-order valence-electron chi connectivity index (χ0n) is 16.1. The first-order chi connectivity index (χ1) is 13.7. The van der Waals surface area contributed by atoms with Crippen LogP contribution in [-0.2, 0) is 6.42 Å². The predicted molar refractivity (Wildman–Crippen MR) is 107 cm³/mol. The molecule has 2 aromatic rings. The maximum atomic E-state index is 12.4. The van der Waals surface area contributed by atoms with E-state index >= 15 is 0 Å². The third kappa shape index (κ3) is 3.98. The molecule has 0 bridgehead atoms. The summed E-state index contributed by atoms with van der Waals surface area (Å²) in [6, 6.07) is 11.6. The summed E-state index contributed by atoms with van der Waals surface area (Å²) in [4.78, 5) is 21.3. The van der Waals surface area contributed by atoms with Gasteiger partial charge in [0.1, 0.15) is 11.9 Å². The summed E-state index contributed by atoms with van der Waals surface area (Å²) in [5, 5.41) is 3.37. The minimum absolute atomic E-state index is 0.0521. The summed E-state index contributed by atoms with van der Waals surface area (Å²) in [7, 11) is 0. The molecule has 2 aliphatic rings. The topological polar surface area (TPSA) is 70.3 Å². The molecule has 1 atom stereocenters. The highest BCUT2D eigenvalue weighted by atomic mass is 16.5. The van der Waals surface area contributed by atoms with Crippen LogP contribution in [0.4, 0.5) is 0 Å². The fraction of sp³-hybridized carbons (Fsp3) is 0.429. The fourth-order valence-electron chi connectivity index (χ4n) is 3.65. The van der Waals surface area contributed by atoms with Crippen LogP contribution in [0.1, 0.15) is 23.0 Å². The number of guanidine groups is 1. The first-order valence-electron chi connectivity index (χ1n) is 9.85.